The van der Waals surface area contributed by atoms with Gasteiger partial charge in [-0.2, -0.15) is 0 Å². The number of amides is 1. The van der Waals surface area contributed by atoms with Gasteiger partial charge in [-0.1, -0.05) is 0 Å². The van der Waals surface area contributed by atoms with Crippen LogP contribution in [0.3, 0.4) is 0 Å². The molecular formula is C17H31BFNO4. The maximum atomic E-state index is 14.2. The van der Waals surface area contributed by atoms with Gasteiger partial charge in [0.2, 0.25) is 0 Å². The van der Waals surface area contributed by atoms with Gasteiger partial charge in [-0.15, -0.1) is 0 Å². The first kappa shape index (κ1) is 19.5. The van der Waals surface area contributed by atoms with Gasteiger partial charge in [0.25, 0.3) is 0 Å². The second kappa shape index (κ2) is 6.17. The van der Waals surface area contributed by atoms with Gasteiger partial charge >= 0.3 is 13.2 Å². The second-order valence-electron chi connectivity index (χ2n) is 9.12. The van der Waals surface area contributed by atoms with Crippen molar-refractivity contribution < 1.29 is 23.2 Å². The molecule has 1 saturated heterocycles. The SMILES string of the molecule is CC(C)(C)OC(=O)NC(CB1OC(C)(C)C(C)(C)O1)CC1(F)CC1. The highest BCUT2D eigenvalue weighted by atomic mass is 19.1. The van der Waals surface area contributed by atoms with Gasteiger partial charge < -0.3 is 19.4 Å². The molecule has 0 spiro atoms. The van der Waals surface area contributed by atoms with E-state index in [-0.39, 0.29) is 12.5 Å². The van der Waals surface area contributed by atoms with E-state index in [9.17, 15) is 9.18 Å². The minimum absolute atomic E-state index is 0.260. The van der Waals surface area contributed by atoms with Crippen molar-refractivity contribution in [2.24, 2.45) is 0 Å². The number of halogens is 1. The monoisotopic (exact) mass is 343 g/mol. The van der Waals surface area contributed by atoms with Crippen LogP contribution in [-0.2, 0) is 14.0 Å². The lowest BCUT2D eigenvalue weighted by Gasteiger charge is -2.32. The number of nitrogens with one attached hydrogen (secondary N) is 1. The third-order valence-electron chi connectivity index (χ3n) is 4.90. The van der Waals surface area contributed by atoms with E-state index in [0.717, 1.165) is 0 Å². The van der Waals surface area contributed by atoms with Crippen molar-refractivity contribution in [3.63, 3.8) is 0 Å². The van der Waals surface area contributed by atoms with Gasteiger partial charge in [0, 0.05) is 18.8 Å². The lowest BCUT2D eigenvalue weighted by Crippen LogP contribution is -2.43. The maximum absolute atomic E-state index is 14.2. The molecule has 1 aliphatic carbocycles. The van der Waals surface area contributed by atoms with Crippen molar-refractivity contribution in [2.45, 2.75) is 103 Å². The molecular weight excluding hydrogens is 312 g/mol. The highest BCUT2D eigenvalue weighted by Crippen LogP contribution is 2.45. The van der Waals surface area contributed by atoms with Gasteiger partial charge in [-0.05, 0) is 61.3 Å². The number of carbonyl (C=O) groups is 1. The number of ether oxygens (including phenoxy) is 1. The van der Waals surface area contributed by atoms with Crippen LogP contribution in [0.5, 0.6) is 0 Å². The van der Waals surface area contributed by atoms with Crippen molar-refractivity contribution in [3.05, 3.63) is 0 Å². The van der Waals surface area contributed by atoms with Crippen molar-refractivity contribution in [2.75, 3.05) is 0 Å². The standard InChI is InChI=1S/C17H31BFNO4/c1-14(2,3)22-13(21)20-12(10-17(19)8-9-17)11-18-23-15(4,5)16(6,7)24-18/h12H,8-11H2,1-7H3,(H,20,21). The number of alkyl carbamates (subject to hydrolysis) is 1. The fourth-order valence-electron chi connectivity index (χ4n) is 2.74. The van der Waals surface area contributed by atoms with E-state index in [0.29, 0.717) is 19.2 Å². The molecule has 1 amide bonds. The zero-order valence-electron chi connectivity index (χ0n) is 16.0. The molecule has 24 heavy (non-hydrogen) atoms. The molecule has 2 aliphatic rings. The molecule has 1 unspecified atom stereocenters. The van der Waals surface area contributed by atoms with E-state index < -0.39 is 35.7 Å². The van der Waals surface area contributed by atoms with Crippen molar-refractivity contribution in [1.82, 2.24) is 5.32 Å². The zero-order valence-corrected chi connectivity index (χ0v) is 16.0. The average Bonchev–Trinajstić information content (AvgIpc) is 2.96. The first-order valence-corrected chi connectivity index (χ1v) is 8.76. The number of rotatable bonds is 5. The summed E-state index contributed by atoms with van der Waals surface area (Å²) in [5.41, 5.74) is -2.66. The molecule has 5 nitrogen and oxygen atoms in total. The highest BCUT2D eigenvalue weighted by molar-refractivity contribution is 6.45. The first-order valence-electron chi connectivity index (χ1n) is 8.76. The quantitative estimate of drug-likeness (QED) is 0.770. The third-order valence-corrected chi connectivity index (χ3v) is 4.90. The minimum Gasteiger partial charge on any atom is -0.444 e. The normalized spacial score (nSPS) is 25.2. The molecule has 1 atom stereocenters. The Hall–Kier alpha value is -0.815. The maximum Gasteiger partial charge on any atom is 0.459 e. The molecule has 138 valence electrons. The van der Waals surface area contributed by atoms with E-state index in [1.54, 1.807) is 20.8 Å². The molecule has 1 aliphatic heterocycles. The molecule has 0 aromatic rings. The molecule has 7 heteroatoms. The van der Waals surface area contributed by atoms with E-state index in [4.69, 9.17) is 14.0 Å². The summed E-state index contributed by atoms with van der Waals surface area (Å²) in [6, 6.07) is -0.387. The lowest BCUT2D eigenvalue weighted by atomic mass is 9.79. The summed E-state index contributed by atoms with van der Waals surface area (Å²) in [7, 11) is -0.475. The van der Waals surface area contributed by atoms with Crippen LogP contribution in [-0.4, -0.2) is 41.7 Å². The first-order chi connectivity index (χ1) is 10.7. The third kappa shape index (κ3) is 5.09. The topological polar surface area (TPSA) is 56.8 Å². The second-order valence-corrected chi connectivity index (χ2v) is 9.12. The van der Waals surface area contributed by atoms with Crippen LogP contribution < -0.4 is 5.32 Å². The van der Waals surface area contributed by atoms with Gasteiger partial charge in [0.15, 0.2) is 0 Å². The number of hydrogen-bond donors (Lipinski definition) is 1. The molecule has 2 rings (SSSR count). The molecule has 2 fully saturated rings. The fourth-order valence-corrected chi connectivity index (χ4v) is 2.74. The summed E-state index contributed by atoms with van der Waals surface area (Å²) >= 11 is 0. The number of carbonyl (C=O) groups excluding carboxylic acids is 1. The Bertz CT molecular complexity index is 469. The predicted molar refractivity (Wildman–Crippen MR) is 91.7 cm³/mol. The summed E-state index contributed by atoms with van der Waals surface area (Å²) in [6.07, 6.45) is 1.22. The summed E-state index contributed by atoms with van der Waals surface area (Å²) in [4.78, 5) is 12.1. The smallest absolute Gasteiger partial charge is 0.444 e. The Kier molecular flexibility index (Phi) is 5.01. The lowest BCUT2D eigenvalue weighted by molar-refractivity contribution is 0.00578. The predicted octanol–water partition coefficient (Wildman–Crippen LogP) is 3.86. The Morgan fingerprint density at radius 2 is 1.71 bits per heavy atom. The van der Waals surface area contributed by atoms with Crippen LogP contribution in [0.1, 0.15) is 67.7 Å². The zero-order chi connectivity index (χ0) is 18.4. The molecule has 0 radical (unpaired) electrons. The van der Waals surface area contributed by atoms with Gasteiger partial charge in [-0.25, -0.2) is 9.18 Å². The summed E-state index contributed by atoms with van der Waals surface area (Å²) < 4.78 is 31.5. The summed E-state index contributed by atoms with van der Waals surface area (Å²) in [6.45, 7) is 13.3. The van der Waals surface area contributed by atoms with Crippen LogP contribution in [0.15, 0.2) is 0 Å². The van der Waals surface area contributed by atoms with Gasteiger partial charge in [0.1, 0.15) is 11.3 Å². The number of alkyl halides is 1. The minimum atomic E-state index is -1.18. The Balaban J connectivity index is 1.98. The van der Waals surface area contributed by atoms with Crippen LogP contribution >= 0.6 is 0 Å². The van der Waals surface area contributed by atoms with Gasteiger partial charge in [-0.3, -0.25) is 0 Å². The molecule has 1 N–H and O–H groups in total. The van der Waals surface area contributed by atoms with E-state index in [1.807, 2.05) is 27.7 Å². The summed E-state index contributed by atoms with van der Waals surface area (Å²) in [5, 5.41) is 2.79. The Morgan fingerprint density at radius 3 is 2.12 bits per heavy atom. The van der Waals surface area contributed by atoms with Gasteiger partial charge in [0.05, 0.1) is 11.2 Å². The molecule has 1 saturated carbocycles. The van der Waals surface area contributed by atoms with E-state index in [1.165, 1.54) is 0 Å². The largest absolute Gasteiger partial charge is 0.459 e. The average molecular weight is 343 g/mol. The van der Waals surface area contributed by atoms with E-state index >= 15 is 0 Å². The molecule has 1 heterocycles. The van der Waals surface area contributed by atoms with Crippen LogP contribution in [0, 0.1) is 0 Å². The van der Waals surface area contributed by atoms with Crippen LogP contribution in [0.2, 0.25) is 6.32 Å². The molecule has 0 aromatic carbocycles. The van der Waals surface area contributed by atoms with Crippen molar-refractivity contribution >= 4 is 13.2 Å². The van der Waals surface area contributed by atoms with Crippen LogP contribution in [0.4, 0.5) is 9.18 Å². The molecule has 0 bridgehead atoms. The van der Waals surface area contributed by atoms with Crippen LogP contribution in [0.25, 0.3) is 0 Å². The Morgan fingerprint density at radius 1 is 1.21 bits per heavy atom. The summed E-state index contributed by atoms with van der Waals surface area (Å²) in [5.74, 6) is 0. The highest BCUT2D eigenvalue weighted by Gasteiger charge is 2.53. The number of hydrogen-bond acceptors (Lipinski definition) is 4. The van der Waals surface area contributed by atoms with Crippen molar-refractivity contribution in [1.29, 1.82) is 0 Å². The molecule has 0 aromatic heterocycles. The van der Waals surface area contributed by atoms with E-state index in [2.05, 4.69) is 5.32 Å². The van der Waals surface area contributed by atoms with Crippen molar-refractivity contribution in [3.8, 4) is 0 Å². The Labute approximate surface area is 145 Å². The fraction of sp³-hybridized carbons (Fsp3) is 0.941.